The van der Waals surface area contributed by atoms with Crippen LogP contribution in [-0.2, 0) is 33.8 Å². The van der Waals surface area contributed by atoms with E-state index in [-0.39, 0.29) is 35.3 Å². The molecule has 1 N–H and O–H groups in total. The number of rotatable bonds is 7. The highest BCUT2D eigenvalue weighted by molar-refractivity contribution is 7.89. The largest absolute Gasteiger partial charge is 0.495 e. The van der Waals surface area contributed by atoms with Crippen molar-refractivity contribution in [1.29, 1.82) is 0 Å². The highest BCUT2D eigenvalue weighted by Gasteiger charge is 2.30. The van der Waals surface area contributed by atoms with Gasteiger partial charge >= 0.3 is 5.97 Å². The zero-order valence-corrected chi connectivity index (χ0v) is 17.6. The minimum atomic E-state index is -3.82. The molecule has 0 radical (unpaired) electrons. The van der Waals surface area contributed by atoms with Gasteiger partial charge in [-0.05, 0) is 31.0 Å². The van der Waals surface area contributed by atoms with Crippen LogP contribution in [0.1, 0.15) is 12.8 Å². The van der Waals surface area contributed by atoms with Gasteiger partial charge in [-0.2, -0.15) is 4.31 Å². The number of hydrogen-bond acceptors (Lipinski definition) is 8. The molecule has 0 atom stereocenters. The molecule has 2 heterocycles. The molecule has 0 aromatic heterocycles. The number of sulfonamides is 1. The fourth-order valence-corrected chi connectivity index (χ4v) is 4.86. The maximum atomic E-state index is 13.0. The number of ether oxygens (including phenoxy) is 4. The monoisotopic (exact) mass is 442 g/mol. The summed E-state index contributed by atoms with van der Waals surface area (Å²) in [5.74, 6) is -1.09. The molecule has 11 heteroatoms. The molecule has 2 aliphatic heterocycles. The third kappa shape index (κ3) is 5.48. The lowest BCUT2D eigenvalue weighted by atomic mass is 10.0. The fourth-order valence-electron chi connectivity index (χ4n) is 3.27. The third-order valence-corrected chi connectivity index (χ3v) is 6.86. The Balaban J connectivity index is 1.65. The molecule has 1 aromatic carbocycles. The van der Waals surface area contributed by atoms with Crippen molar-refractivity contribution in [3.8, 4) is 5.75 Å². The molecule has 166 valence electrons. The van der Waals surface area contributed by atoms with Crippen molar-refractivity contribution in [2.24, 2.45) is 5.92 Å². The summed E-state index contributed by atoms with van der Waals surface area (Å²) in [6.45, 7) is 1.66. The van der Waals surface area contributed by atoms with E-state index in [0.29, 0.717) is 39.3 Å². The molecule has 2 fully saturated rings. The van der Waals surface area contributed by atoms with Crippen LogP contribution >= 0.6 is 0 Å². The van der Waals surface area contributed by atoms with Gasteiger partial charge in [0.25, 0.3) is 5.91 Å². The first-order valence-corrected chi connectivity index (χ1v) is 11.2. The van der Waals surface area contributed by atoms with Crippen LogP contribution in [0.4, 0.5) is 5.69 Å². The summed E-state index contributed by atoms with van der Waals surface area (Å²) in [7, 11) is -2.45. The van der Waals surface area contributed by atoms with Crippen LogP contribution in [0.25, 0.3) is 0 Å². The van der Waals surface area contributed by atoms with E-state index in [0.717, 1.165) is 0 Å². The topological polar surface area (TPSA) is 120 Å². The molecule has 0 unspecified atom stereocenters. The Hall–Kier alpha value is -2.21. The van der Waals surface area contributed by atoms with Gasteiger partial charge < -0.3 is 24.3 Å². The summed E-state index contributed by atoms with van der Waals surface area (Å²) in [6.07, 6.45) is 1.14. The maximum absolute atomic E-state index is 13.0. The average Bonchev–Trinajstić information content (AvgIpc) is 2.78. The van der Waals surface area contributed by atoms with Gasteiger partial charge in [-0.15, -0.1) is 0 Å². The zero-order chi connectivity index (χ0) is 21.6. The predicted molar refractivity (Wildman–Crippen MR) is 106 cm³/mol. The number of hydrogen-bond donors (Lipinski definition) is 1. The normalized spacial score (nSPS) is 18.6. The lowest BCUT2D eigenvalue weighted by Gasteiger charge is -2.26. The summed E-state index contributed by atoms with van der Waals surface area (Å²) < 4.78 is 48.0. The summed E-state index contributed by atoms with van der Waals surface area (Å²) in [6, 6.07) is 4.33. The molecular formula is C19H26N2O8S. The van der Waals surface area contributed by atoms with Crippen molar-refractivity contribution in [3.05, 3.63) is 18.2 Å². The van der Waals surface area contributed by atoms with E-state index in [9.17, 15) is 18.0 Å². The number of nitrogens with one attached hydrogen (secondary N) is 1. The molecule has 0 spiro atoms. The number of amides is 1. The van der Waals surface area contributed by atoms with E-state index >= 15 is 0 Å². The van der Waals surface area contributed by atoms with Gasteiger partial charge in [0.2, 0.25) is 10.0 Å². The third-order valence-electron chi connectivity index (χ3n) is 4.94. The first-order valence-electron chi connectivity index (χ1n) is 9.72. The Kier molecular flexibility index (Phi) is 7.64. The number of esters is 1. The number of carbonyl (C=O) groups is 2. The number of benzene rings is 1. The first-order chi connectivity index (χ1) is 14.4. The summed E-state index contributed by atoms with van der Waals surface area (Å²) in [4.78, 5) is 24.2. The van der Waals surface area contributed by atoms with Crippen molar-refractivity contribution >= 4 is 27.6 Å². The number of carbonyl (C=O) groups excluding carboxylic acids is 2. The van der Waals surface area contributed by atoms with Gasteiger partial charge in [0.05, 0.1) is 26.2 Å². The minimum absolute atomic E-state index is 0.0519. The Labute approximate surface area is 175 Å². The summed E-state index contributed by atoms with van der Waals surface area (Å²) >= 11 is 0. The van der Waals surface area contributed by atoms with Crippen molar-refractivity contribution in [3.63, 3.8) is 0 Å². The Morgan fingerprint density at radius 3 is 2.47 bits per heavy atom. The summed E-state index contributed by atoms with van der Waals surface area (Å²) in [5.41, 5.74) is 0.259. The van der Waals surface area contributed by atoms with E-state index < -0.39 is 28.5 Å². The van der Waals surface area contributed by atoms with E-state index in [4.69, 9.17) is 18.9 Å². The minimum Gasteiger partial charge on any atom is -0.495 e. The van der Waals surface area contributed by atoms with E-state index in [1.807, 2.05) is 0 Å². The first kappa shape index (κ1) is 22.5. The van der Waals surface area contributed by atoms with Crippen LogP contribution in [0.5, 0.6) is 5.75 Å². The Bertz CT molecular complexity index is 861. The molecule has 0 saturated carbocycles. The maximum Gasteiger partial charge on any atom is 0.309 e. The highest BCUT2D eigenvalue weighted by Crippen LogP contribution is 2.30. The van der Waals surface area contributed by atoms with Gasteiger partial charge in [-0.3, -0.25) is 9.59 Å². The number of anilines is 1. The van der Waals surface area contributed by atoms with Gasteiger partial charge in [0, 0.05) is 32.0 Å². The second-order valence-electron chi connectivity index (χ2n) is 6.92. The Morgan fingerprint density at radius 1 is 1.13 bits per heavy atom. The molecule has 2 saturated heterocycles. The van der Waals surface area contributed by atoms with Crippen molar-refractivity contribution < 1.29 is 37.0 Å². The number of nitrogens with zero attached hydrogens (tertiary/aromatic N) is 1. The van der Waals surface area contributed by atoms with Crippen LogP contribution in [-0.4, -0.2) is 77.8 Å². The molecule has 30 heavy (non-hydrogen) atoms. The standard InChI is InChI=1S/C19H26N2O8S/c1-26-16-3-2-15(12-17(16)30(24,25)21-6-10-28-11-7-21)20-18(22)13-29-19(23)14-4-8-27-9-5-14/h2-3,12,14H,4-11,13H2,1H3,(H,20,22). The second kappa shape index (κ2) is 10.2. The zero-order valence-electron chi connectivity index (χ0n) is 16.8. The SMILES string of the molecule is COc1ccc(NC(=O)COC(=O)C2CCOCC2)cc1S(=O)(=O)N1CCOCC1. The van der Waals surface area contributed by atoms with Crippen LogP contribution in [0.15, 0.2) is 23.1 Å². The molecule has 0 bridgehead atoms. The molecule has 2 aliphatic rings. The molecule has 3 rings (SSSR count). The van der Waals surface area contributed by atoms with Gasteiger partial charge in [-0.25, -0.2) is 8.42 Å². The predicted octanol–water partition coefficient (Wildman–Crippen LogP) is 0.624. The van der Waals surface area contributed by atoms with Crippen molar-refractivity contribution in [1.82, 2.24) is 4.31 Å². The fraction of sp³-hybridized carbons (Fsp3) is 0.579. The molecule has 1 amide bonds. The van der Waals surface area contributed by atoms with E-state index in [1.165, 1.54) is 29.6 Å². The quantitative estimate of drug-likeness (QED) is 0.611. The number of methoxy groups -OCH3 is 1. The molecule has 0 aliphatic carbocycles. The van der Waals surface area contributed by atoms with Crippen molar-refractivity contribution in [2.45, 2.75) is 17.7 Å². The Morgan fingerprint density at radius 2 is 1.80 bits per heavy atom. The van der Waals surface area contributed by atoms with Gasteiger partial charge in [-0.1, -0.05) is 0 Å². The second-order valence-corrected chi connectivity index (χ2v) is 8.83. The smallest absolute Gasteiger partial charge is 0.309 e. The van der Waals surface area contributed by atoms with E-state index in [1.54, 1.807) is 0 Å². The lowest BCUT2D eigenvalue weighted by Crippen LogP contribution is -2.40. The molecular weight excluding hydrogens is 416 g/mol. The van der Waals surface area contributed by atoms with Crippen LogP contribution in [0, 0.1) is 5.92 Å². The van der Waals surface area contributed by atoms with Gasteiger partial charge in [0.15, 0.2) is 6.61 Å². The van der Waals surface area contributed by atoms with Crippen LogP contribution in [0.2, 0.25) is 0 Å². The lowest BCUT2D eigenvalue weighted by molar-refractivity contribution is -0.154. The van der Waals surface area contributed by atoms with E-state index in [2.05, 4.69) is 5.32 Å². The number of morpholine rings is 1. The van der Waals surface area contributed by atoms with Crippen molar-refractivity contribution in [2.75, 3.05) is 58.6 Å². The summed E-state index contributed by atoms with van der Waals surface area (Å²) in [5, 5.41) is 2.56. The van der Waals surface area contributed by atoms with Crippen LogP contribution < -0.4 is 10.1 Å². The molecule has 10 nitrogen and oxygen atoms in total. The molecule has 1 aromatic rings. The highest BCUT2D eigenvalue weighted by atomic mass is 32.2. The van der Waals surface area contributed by atoms with Gasteiger partial charge in [0.1, 0.15) is 10.6 Å². The van der Waals surface area contributed by atoms with Crippen LogP contribution in [0.3, 0.4) is 0 Å². The average molecular weight is 442 g/mol.